The minimum Gasteiger partial charge on any atom is -0.493 e. The molecule has 0 heterocycles. The zero-order valence-electron chi connectivity index (χ0n) is 14.9. The molecule has 2 aromatic rings. The highest BCUT2D eigenvalue weighted by molar-refractivity contribution is 5.88. The van der Waals surface area contributed by atoms with E-state index in [0.717, 1.165) is 22.8 Å². The second-order valence-electron chi connectivity index (χ2n) is 5.37. The number of hydroxylamine groups is 2. The fourth-order valence-electron chi connectivity index (χ4n) is 2.11. The van der Waals surface area contributed by atoms with E-state index in [1.165, 1.54) is 14.2 Å². The van der Waals surface area contributed by atoms with Gasteiger partial charge in [-0.1, -0.05) is 24.1 Å². The SMILES string of the molecule is C#CCOc1ccc(CCOc2cccc(NC(=O)N(C)OC)c2)cc1. The molecule has 0 atom stereocenters. The number of hydrogen-bond acceptors (Lipinski definition) is 4. The predicted molar refractivity (Wildman–Crippen MR) is 100 cm³/mol. The fourth-order valence-corrected chi connectivity index (χ4v) is 2.11. The number of benzene rings is 2. The molecule has 2 aromatic carbocycles. The van der Waals surface area contributed by atoms with Gasteiger partial charge in [-0.15, -0.1) is 6.42 Å². The summed E-state index contributed by atoms with van der Waals surface area (Å²) in [5.74, 6) is 3.86. The first-order valence-electron chi connectivity index (χ1n) is 8.09. The van der Waals surface area contributed by atoms with Crippen LogP contribution in [0.5, 0.6) is 11.5 Å². The molecule has 0 aliphatic heterocycles. The number of anilines is 1. The standard InChI is InChI=1S/C20H22N2O4/c1-4-13-25-18-10-8-16(9-11-18)12-14-26-19-7-5-6-17(15-19)21-20(23)22(2)24-3/h1,5-11,15H,12-14H2,2-3H3,(H,21,23). The average Bonchev–Trinajstić information content (AvgIpc) is 2.67. The van der Waals surface area contributed by atoms with E-state index < -0.39 is 0 Å². The van der Waals surface area contributed by atoms with E-state index in [1.807, 2.05) is 36.4 Å². The number of hydrogen-bond donors (Lipinski definition) is 1. The monoisotopic (exact) mass is 354 g/mol. The zero-order valence-corrected chi connectivity index (χ0v) is 14.9. The van der Waals surface area contributed by atoms with Crippen molar-refractivity contribution in [1.29, 1.82) is 0 Å². The molecular weight excluding hydrogens is 332 g/mol. The number of carbonyl (C=O) groups is 1. The number of nitrogens with zero attached hydrogens (tertiary/aromatic N) is 1. The lowest BCUT2D eigenvalue weighted by atomic mass is 10.1. The number of urea groups is 1. The summed E-state index contributed by atoms with van der Waals surface area (Å²) in [6, 6.07) is 14.6. The fraction of sp³-hybridized carbons (Fsp3) is 0.250. The first-order chi connectivity index (χ1) is 12.6. The van der Waals surface area contributed by atoms with Crippen molar-refractivity contribution in [1.82, 2.24) is 5.06 Å². The number of ether oxygens (including phenoxy) is 2. The Labute approximate surface area is 153 Å². The van der Waals surface area contributed by atoms with Crippen LogP contribution in [0.15, 0.2) is 48.5 Å². The van der Waals surface area contributed by atoms with Crippen molar-refractivity contribution in [2.75, 3.05) is 32.7 Å². The van der Waals surface area contributed by atoms with Crippen molar-refractivity contribution in [3.8, 4) is 23.8 Å². The van der Waals surface area contributed by atoms with Crippen molar-refractivity contribution in [3.63, 3.8) is 0 Å². The first kappa shape index (κ1) is 19.2. The molecule has 0 radical (unpaired) electrons. The van der Waals surface area contributed by atoms with Gasteiger partial charge in [0.25, 0.3) is 0 Å². The van der Waals surface area contributed by atoms with Crippen LogP contribution in [0.2, 0.25) is 0 Å². The molecule has 2 rings (SSSR count). The maximum atomic E-state index is 11.8. The normalized spacial score (nSPS) is 9.88. The predicted octanol–water partition coefficient (Wildman–Crippen LogP) is 3.35. The van der Waals surface area contributed by atoms with Crippen LogP contribution in [-0.4, -0.2) is 38.5 Å². The highest BCUT2D eigenvalue weighted by Crippen LogP contribution is 2.18. The maximum absolute atomic E-state index is 11.8. The van der Waals surface area contributed by atoms with Gasteiger partial charge in [0.05, 0.1) is 13.7 Å². The van der Waals surface area contributed by atoms with Gasteiger partial charge in [-0.25, -0.2) is 9.86 Å². The number of rotatable bonds is 8. The van der Waals surface area contributed by atoms with Crippen molar-refractivity contribution < 1.29 is 19.1 Å². The lowest BCUT2D eigenvalue weighted by Gasteiger charge is -2.15. The lowest BCUT2D eigenvalue weighted by Crippen LogP contribution is -2.30. The van der Waals surface area contributed by atoms with E-state index in [2.05, 4.69) is 11.2 Å². The molecule has 0 unspecified atom stereocenters. The summed E-state index contributed by atoms with van der Waals surface area (Å²) in [5.41, 5.74) is 1.76. The average molecular weight is 354 g/mol. The molecule has 0 fully saturated rings. The zero-order chi connectivity index (χ0) is 18.8. The van der Waals surface area contributed by atoms with Crippen LogP contribution in [0.3, 0.4) is 0 Å². The van der Waals surface area contributed by atoms with Gasteiger partial charge < -0.3 is 14.8 Å². The van der Waals surface area contributed by atoms with Crippen LogP contribution >= 0.6 is 0 Å². The van der Waals surface area contributed by atoms with E-state index in [9.17, 15) is 4.79 Å². The Balaban J connectivity index is 1.83. The number of nitrogens with one attached hydrogen (secondary N) is 1. The van der Waals surface area contributed by atoms with Gasteiger partial charge in [-0.3, -0.25) is 4.84 Å². The molecule has 0 spiro atoms. The third kappa shape index (κ3) is 6.04. The molecular formula is C20H22N2O4. The molecule has 26 heavy (non-hydrogen) atoms. The second kappa shape index (κ2) is 9.97. The quantitative estimate of drug-likeness (QED) is 0.583. The van der Waals surface area contributed by atoms with Gasteiger partial charge in [-0.2, -0.15) is 0 Å². The first-order valence-corrected chi connectivity index (χ1v) is 8.09. The largest absolute Gasteiger partial charge is 0.493 e. The third-order valence-electron chi connectivity index (χ3n) is 3.55. The van der Waals surface area contributed by atoms with Crippen LogP contribution in [0.25, 0.3) is 0 Å². The Hall–Kier alpha value is -3.17. The summed E-state index contributed by atoms with van der Waals surface area (Å²) in [6.07, 6.45) is 5.91. The van der Waals surface area contributed by atoms with E-state index in [4.69, 9.17) is 20.7 Å². The van der Waals surface area contributed by atoms with Crippen LogP contribution in [0.4, 0.5) is 10.5 Å². The Morgan fingerprint density at radius 2 is 1.92 bits per heavy atom. The lowest BCUT2D eigenvalue weighted by molar-refractivity contribution is -0.0598. The highest BCUT2D eigenvalue weighted by Gasteiger charge is 2.08. The Bertz CT molecular complexity index is 753. The molecule has 6 nitrogen and oxygen atoms in total. The van der Waals surface area contributed by atoms with Crippen molar-refractivity contribution >= 4 is 11.7 Å². The Kier molecular flexibility index (Phi) is 7.34. The van der Waals surface area contributed by atoms with Gasteiger partial charge >= 0.3 is 6.03 Å². The van der Waals surface area contributed by atoms with Gasteiger partial charge in [0, 0.05) is 25.2 Å². The minimum atomic E-state index is -0.364. The second-order valence-corrected chi connectivity index (χ2v) is 5.37. The summed E-state index contributed by atoms with van der Waals surface area (Å²) < 4.78 is 11.1. The van der Waals surface area contributed by atoms with Gasteiger partial charge in [0.15, 0.2) is 0 Å². The Morgan fingerprint density at radius 3 is 2.62 bits per heavy atom. The molecule has 0 aliphatic rings. The molecule has 6 heteroatoms. The van der Waals surface area contributed by atoms with Crippen LogP contribution in [-0.2, 0) is 11.3 Å². The van der Waals surface area contributed by atoms with Crippen LogP contribution < -0.4 is 14.8 Å². The smallest absolute Gasteiger partial charge is 0.345 e. The molecule has 0 bridgehead atoms. The highest BCUT2D eigenvalue weighted by atomic mass is 16.7. The maximum Gasteiger partial charge on any atom is 0.345 e. The summed E-state index contributed by atoms with van der Waals surface area (Å²) in [6.45, 7) is 0.773. The summed E-state index contributed by atoms with van der Waals surface area (Å²) in [4.78, 5) is 16.6. The molecule has 0 aliphatic carbocycles. The molecule has 0 aromatic heterocycles. The number of amides is 2. The van der Waals surface area contributed by atoms with Gasteiger partial charge in [0.2, 0.25) is 0 Å². The van der Waals surface area contributed by atoms with E-state index in [0.29, 0.717) is 18.0 Å². The van der Waals surface area contributed by atoms with Gasteiger partial charge in [0.1, 0.15) is 18.1 Å². The van der Waals surface area contributed by atoms with Crippen molar-refractivity contribution in [3.05, 3.63) is 54.1 Å². The van der Waals surface area contributed by atoms with Crippen molar-refractivity contribution in [2.24, 2.45) is 0 Å². The van der Waals surface area contributed by atoms with E-state index >= 15 is 0 Å². The van der Waals surface area contributed by atoms with Crippen LogP contribution in [0, 0.1) is 12.3 Å². The third-order valence-corrected chi connectivity index (χ3v) is 3.55. The van der Waals surface area contributed by atoms with E-state index in [-0.39, 0.29) is 12.6 Å². The molecule has 0 saturated heterocycles. The van der Waals surface area contributed by atoms with E-state index in [1.54, 1.807) is 12.1 Å². The topological polar surface area (TPSA) is 60.0 Å². The molecule has 0 saturated carbocycles. The summed E-state index contributed by atoms with van der Waals surface area (Å²) in [7, 11) is 2.95. The molecule has 1 N–H and O–H groups in total. The number of carbonyl (C=O) groups excluding carboxylic acids is 1. The molecule has 2 amide bonds. The van der Waals surface area contributed by atoms with Crippen molar-refractivity contribution in [2.45, 2.75) is 6.42 Å². The minimum absolute atomic E-state index is 0.259. The molecule has 136 valence electrons. The Morgan fingerprint density at radius 1 is 1.15 bits per heavy atom. The summed E-state index contributed by atoms with van der Waals surface area (Å²) in [5, 5.41) is 3.82. The summed E-state index contributed by atoms with van der Waals surface area (Å²) >= 11 is 0. The van der Waals surface area contributed by atoms with Gasteiger partial charge in [-0.05, 0) is 29.8 Å². The number of terminal acetylenes is 1. The van der Waals surface area contributed by atoms with Crippen LogP contribution in [0.1, 0.15) is 5.56 Å².